The second-order valence-corrected chi connectivity index (χ2v) is 6.47. The third-order valence-electron chi connectivity index (χ3n) is 3.93. The number of hydrogen-bond acceptors (Lipinski definition) is 3. The molecule has 118 valence electrons. The highest BCUT2D eigenvalue weighted by Gasteiger charge is 2.42. The van der Waals surface area contributed by atoms with Crippen LogP contribution in [0.4, 0.5) is 0 Å². The average molecular weight is 313 g/mol. The Hall–Kier alpha value is -0.770. The van der Waals surface area contributed by atoms with Gasteiger partial charge in [-0.1, -0.05) is 19.9 Å². The fraction of sp³-hybridized carbons (Fsp3) is 0.647. The van der Waals surface area contributed by atoms with E-state index in [9.17, 15) is 0 Å². The van der Waals surface area contributed by atoms with E-state index in [0.29, 0.717) is 19.1 Å². The summed E-state index contributed by atoms with van der Waals surface area (Å²) in [5, 5.41) is 0.0305. The Balaban J connectivity index is 1.93. The number of ether oxygens (including phenoxy) is 3. The number of benzene rings is 1. The van der Waals surface area contributed by atoms with Crippen molar-refractivity contribution in [2.75, 3.05) is 20.3 Å². The average Bonchev–Trinajstić information content (AvgIpc) is 2.42. The number of methoxy groups -OCH3 is 1. The topological polar surface area (TPSA) is 27.7 Å². The highest BCUT2D eigenvalue weighted by molar-refractivity contribution is 6.21. The molecular weight excluding hydrogens is 288 g/mol. The van der Waals surface area contributed by atoms with Crippen LogP contribution in [0.1, 0.15) is 37.3 Å². The summed E-state index contributed by atoms with van der Waals surface area (Å²) in [5.41, 5.74) is 2.63. The minimum Gasteiger partial charge on any atom is -0.488 e. The smallest absolute Gasteiger partial charge is 0.128 e. The summed E-state index contributed by atoms with van der Waals surface area (Å²) in [4.78, 5) is 0. The predicted octanol–water partition coefficient (Wildman–Crippen LogP) is 3.91. The van der Waals surface area contributed by atoms with Crippen molar-refractivity contribution in [2.24, 2.45) is 0 Å². The lowest BCUT2D eigenvalue weighted by Gasteiger charge is -2.40. The molecule has 0 spiro atoms. The van der Waals surface area contributed by atoms with Crippen molar-refractivity contribution in [3.8, 4) is 5.75 Å². The van der Waals surface area contributed by atoms with Crippen molar-refractivity contribution in [1.82, 2.24) is 0 Å². The van der Waals surface area contributed by atoms with Gasteiger partial charge in [0.25, 0.3) is 0 Å². The van der Waals surface area contributed by atoms with Crippen LogP contribution in [0.5, 0.6) is 5.75 Å². The lowest BCUT2D eigenvalue weighted by molar-refractivity contribution is -0.0898. The molecule has 3 nitrogen and oxygen atoms in total. The van der Waals surface area contributed by atoms with Gasteiger partial charge >= 0.3 is 0 Å². The standard InChI is InChI=1S/C17H25ClO3/c1-11(2)14-6-5-13(9-12(14)3)21-16-10-15(18)17(16)20-8-7-19-4/h5-6,9,11,15-17H,7-8,10H2,1-4H3. The summed E-state index contributed by atoms with van der Waals surface area (Å²) in [6, 6.07) is 6.28. The zero-order valence-electron chi connectivity index (χ0n) is 13.3. The van der Waals surface area contributed by atoms with Crippen molar-refractivity contribution in [1.29, 1.82) is 0 Å². The van der Waals surface area contributed by atoms with Crippen LogP contribution in [-0.2, 0) is 9.47 Å². The summed E-state index contributed by atoms with van der Waals surface area (Å²) in [7, 11) is 1.66. The van der Waals surface area contributed by atoms with E-state index in [-0.39, 0.29) is 17.6 Å². The first kappa shape index (κ1) is 16.6. The Morgan fingerprint density at radius 2 is 2.05 bits per heavy atom. The molecule has 1 aromatic carbocycles. The molecule has 4 heteroatoms. The normalized spacial score (nSPS) is 25.0. The van der Waals surface area contributed by atoms with Gasteiger partial charge in [0.1, 0.15) is 18.0 Å². The van der Waals surface area contributed by atoms with Crippen LogP contribution in [0.2, 0.25) is 0 Å². The van der Waals surface area contributed by atoms with E-state index in [1.807, 2.05) is 6.07 Å². The van der Waals surface area contributed by atoms with Crippen LogP contribution >= 0.6 is 11.6 Å². The molecule has 3 unspecified atom stereocenters. The first-order chi connectivity index (χ1) is 10.0. The van der Waals surface area contributed by atoms with E-state index in [4.69, 9.17) is 25.8 Å². The quantitative estimate of drug-likeness (QED) is 0.564. The molecule has 1 saturated carbocycles. The molecule has 1 aliphatic carbocycles. The van der Waals surface area contributed by atoms with E-state index < -0.39 is 0 Å². The summed E-state index contributed by atoms with van der Waals surface area (Å²) in [5.74, 6) is 1.42. The van der Waals surface area contributed by atoms with Crippen LogP contribution in [0.3, 0.4) is 0 Å². The minimum absolute atomic E-state index is 0.0305. The molecule has 3 atom stereocenters. The molecular formula is C17H25ClO3. The minimum atomic E-state index is -0.0492. The second-order valence-electron chi connectivity index (χ2n) is 5.91. The van der Waals surface area contributed by atoms with Gasteiger partial charge in [-0.25, -0.2) is 0 Å². The van der Waals surface area contributed by atoms with Crippen molar-refractivity contribution in [2.45, 2.75) is 50.7 Å². The maximum Gasteiger partial charge on any atom is 0.128 e. The maximum atomic E-state index is 6.21. The first-order valence-corrected chi connectivity index (χ1v) is 7.98. The summed E-state index contributed by atoms with van der Waals surface area (Å²) >= 11 is 6.21. The van der Waals surface area contributed by atoms with Crippen molar-refractivity contribution in [3.05, 3.63) is 29.3 Å². The van der Waals surface area contributed by atoms with E-state index in [1.165, 1.54) is 11.1 Å². The highest BCUT2D eigenvalue weighted by atomic mass is 35.5. The fourth-order valence-corrected chi connectivity index (χ4v) is 3.08. The number of alkyl halides is 1. The molecule has 0 N–H and O–H groups in total. The van der Waals surface area contributed by atoms with Gasteiger partial charge in [-0.05, 0) is 36.1 Å². The highest BCUT2D eigenvalue weighted by Crippen LogP contribution is 2.34. The molecule has 2 rings (SSSR count). The zero-order valence-corrected chi connectivity index (χ0v) is 14.0. The zero-order chi connectivity index (χ0) is 15.4. The van der Waals surface area contributed by atoms with Crippen LogP contribution in [0.15, 0.2) is 18.2 Å². The van der Waals surface area contributed by atoms with E-state index >= 15 is 0 Å². The van der Waals surface area contributed by atoms with Crippen LogP contribution in [0, 0.1) is 6.92 Å². The Bertz CT molecular complexity index is 461. The first-order valence-electron chi connectivity index (χ1n) is 7.54. The van der Waals surface area contributed by atoms with Gasteiger partial charge in [0.15, 0.2) is 0 Å². The molecule has 1 fully saturated rings. The van der Waals surface area contributed by atoms with Crippen molar-refractivity contribution >= 4 is 11.6 Å². The number of rotatable bonds is 7. The SMILES string of the molecule is COCCOC1C(Cl)CC1Oc1ccc(C(C)C)c(C)c1. The van der Waals surface area contributed by atoms with Gasteiger partial charge in [0, 0.05) is 13.5 Å². The van der Waals surface area contributed by atoms with Gasteiger partial charge in [-0.15, -0.1) is 11.6 Å². The Kier molecular flexibility index (Phi) is 5.91. The monoisotopic (exact) mass is 312 g/mol. The van der Waals surface area contributed by atoms with Gasteiger partial charge < -0.3 is 14.2 Å². The summed E-state index contributed by atoms with van der Waals surface area (Å²) in [6.45, 7) is 7.66. The molecule has 0 bridgehead atoms. The van der Waals surface area contributed by atoms with Crippen LogP contribution in [0.25, 0.3) is 0 Å². The summed E-state index contributed by atoms with van der Waals surface area (Å²) in [6.07, 6.45) is 0.810. The molecule has 0 saturated heterocycles. The van der Waals surface area contributed by atoms with Crippen LogP contribution < -0.4 is 4.74 Å². The Morgan fingerprint density at radius 3 is 2.62 bits per heavy atom. The molecule has 0 amide bonds. The van der Waals surface area contributed by atoms with Gasteiger partial charge in [0.05, 0.1) is 18.6 Å². The Labute approximate surface area is 132 Å². The Morgan fingerprint density at radius 1 is 1.29 bits per heavy atom. The second kappa shape index (κ2) is 7.48. The van der Waals surface area contributed by atoms with Gasteiger partial charge in [0.2, 0.25) is 0 Å². The predicted molar refractivity (Wildman–Crippen MR) is 85.6 cm³/mol. The molecule has 1 aromatic rings. The molecule has 0 radical (unpaired) electrons. The third-order valence-corrected chi connectivity index (χ3v) is 4.36. The fourth-order valence-electron chi connectivity index (χ4n) is 2.67. The molecule has 0 aromatic heterocycles. The van der Waals surface area contributed by atoms with Gasteiger partial charge in [-0.3, -0.25) is 0 Å². The van der Waals surface area contributed by atoms with E-state index in [1.54, 1.807) is 7.11 Å². The lowest BCUT2D eigenvalue weighted by atomic mass is 9.90. The number of hydrogen-bond donors (Lipinski definition) is 0. The number of halogens is 1. The van der Waals surface area contributed by atoms with Crippen molar-refractivity contribution < 1.29 is 14.2 Å². The lowest BCUT2D eigenvalue weighted by Crippen LogP contribution is -2.53. The molecule has 0 aliphatic heterocycles. The largest absolute Gasteiger partial charge is 0.488 e. The number of aryl methyl sites for hydroxylation is 1. The van der Waals surface area contributed by atoms with Crippen molar-refractivity contribution in [3.63, 3.8) is 0 Å². The maximum absolute atomic E-state index is 6.21. The van der Waals surface area contributed by atoms with E-state index in [2.05, 4.69) is 32.9 Å². The van der Waals surface area contributed by atoms with E-state index in [0.717, 1.165) is 12.2 Å². The van der Waals surface area contributed by atoms with Crippen LogP contribution in [-0.4, -0.2) is 37.9 Å². The molecule has 1 aliphatic rings. The molecule has 21 heavy (non-hydrogen) atoms. The summed E-state index contributed by atoms with van der Waals surface area (Å²) < 4.78 is 16.7. The molecule has 0 heterocycles. The third kappa shape index (κ3) is 4.12. The van der Waals surface area contributed by atoms with Gasteiger partial charge in [-0.2, -0.15) is 0 Å².